The zero-order valence-electron chi connectivity index (χ0n) is 18.8. The highest BCUT2D eigenvalue weighted by Gasteiger charge is 2.20. The van der Waals surface area contributed by atoms with Gasteiger partial charge in [-0.2, -0.15) is 5.26 Å². The second-order valence-corrected chi connectivity index (χ2v) is 7.79. The second kappa shape index (κ2) is 11.0. The number of nitrogens with zero attached hydrogens (tertiary/aromatic N) is 3. The molecular formula is C26H25N5O3. The van der Waals surface area contributed by atoms with E-state index in [4.69, 9.17) is 14.7 Å². The first-order valence-electron chi connectivity index (χ1n) is 11.1. The first kappa shape index (κ1) is 22.8. The van der Waals surface area contributed by atoms with Gasteiger partial charge in [0.2, 0.25) is 5.91 Å². The Kier molecular flexibility index (Phi) is 7.35. The highest BCUT2D eigenvalue weighted by Crippen LogP contribution is 2.35. The van der Waals surface area contributed by atoms with E-state index in [0.29, 0.717) is 34.4 Å². The minimum Gasteiger partial charge on any atom is -0.493 e. The fourth-order valence-electron chi connectivity index (χ4n) is 3.72. The fourth-order valence-corrected chi connectivity index (χ4v) is 3.72. The Labute approximate surface area is 198 Å². The Hall–Kier alpha value is -4.38. The Bertz CT molecular complexity index is 1210. The molecule has 8 heteroatoms. The van der Waals surface area contributed by atoms with Crippen LogP contribution in [-0.2, 0) is 4.79 Å². The lowest BCUT2D eigenvalue weighted by atomic mass is 10.1. The van der Waals surface area contributed by atoms with Gasteiger partial charge < -0.3 is 20.1 Å². The molecule has 34 heavy (non-hydrogen) atoms. The summed E-state index contributed by atoms with van der Waals surface area (Å²) < 4.78 is 11.7. The molecule has 1 saturated carbocycles. The van der Waals surface area contributed by atoms with Crippen molar-refractivity contribution >= 4 is 29.3 Å². The summed E-state index contributed by atoms with van der Waals surface area (Å²) in [5.74, 6) is 1.92. The molecule has 1 fully saturated rings. The number of carbonyl (C=O) groups excluding carboxylic acids is 1. The molecule has 0 spiro atoms. The lowest BCUT2D eigenvalue weighted by Gasteiger charge is -2.18. The summed E-state index contributed by atoms with van der Waals surface area (Å²) in [6.45, 7) is 0. The molecule has 2 N–H and O–H groups in total. The summed E-state index contributed by atoms with van der Waals surface area (Å²) in [5.41, 5.74) is 1.73. The minimum absolute atomic E-state index is 0.164. The smallest absolute Gasteiger partial charge is 0.248 e. The number of rotatable bonds is 8. The summed E-state index contributed by atoms with van der Waals surface area (Å²) in [7, 11) is 1.61. The third-order valence-corrected chi connectivity index (χ3v) is 5.43. The largest absolute Gasteiger partial charge is 0.493 e. The van der Waals surface area contributed by atoms with E-state index in [-0.39, 0.29) is 12.0 Å². The molecule has 3 aromatic rings. The minimum atomic E-state index is -0.321. The summed E-state index contributed by atoms with van der Waals surface area (Å²) in [6, 6.07) is 14.4. The normalized spacial score (nSPS) is 13.4. The number of nitrogens with one attached hydrogen (secondary N) is 2. The van der Waals surface area contributed by atoms with E-state index in [1.54, 1.807) is 43.6 Å². The number of hydrogen-bond acceptors (Lipinski definition) is 7. The van der Waals surface area contributed by atoms with Crippen LogP contribution >= 0.6 is 0 Å². The van der Waals surface area contributed by atoms with Gasteiger partial charge in [0.25, 0.3) is 0 Å². The monoisotopic (exact) mass is 455 g/mol. The third kappa shape index (κ3) is 5.70. The number of carbonyl (C=O) groups is 1. The molecule has 0 radical (unpaired) electrons. The number of benzene rings is 1. The van der Waals surface area contributed by atoms with E-state index in [1.807, 2.05) is 24.3 Å². The van der Waals surface area contributed by atoms with Gasteiger partial charge in [-0.1, -0.05) is 12.1 Å². The summed E-state index contributed by atoms with van der Waals surface area (Å²) in [4.78, 5) is 21.2. The van der Waals surface area contributed by atoms with Crippen molar-refractivity contribution < 1.29 is 14.3 Å². The molecule has 2 aromatic heterocycles. The van der Waals surface area contributed by atoms with Gasteiger partial charge in [0, 0.05) is 24.0 Å². The maximum atomic E-state index is 12.7. The molecule has 0 unspecified atom stereocenters. The van der Waals surface area contributed by atoms with Gasteiger partial charge in [-0.3, -0.25) is 4.79 Å². The number of aromatic nitrogens is 2. The zero-order valence-corrected chi connectivity index (χ0v) is 18.8. The number of anilines is 3. The number of amides is 1. The average molecular weight is 456 g/mol. The number of methoxy groups -OCH3 is 1. The van der Waals surface area contributed by atoms with Crippen LogP contribution in [0.15, 0.2) is 60.9 Å². The van der Waals surface area contributed by atoms with Crippen LogP contribution in [0.25, 0.3) is 6.08 Å². The first-order valence-corrected chi connectivity index (χ1v) is 11.1. The van der Waals surface area contributed by atoms with Gasteiger partial charge in [-0.15, -0.1) is 0 Å². The van der Waals surface area contributed by atoms with Crippen LogP contribution in [0.5, 0.6) is 11.5 Å². The molecule has 0 aliphatic heterocycles. The van der Waals surface area contributed by atoms with Crippen molar-refractivity contribution in [1.82, 2.24) is 9.97 Å². The molecule has 1 aliphatic rings. The van der Waals surface area contributed by atoms with E-state index < -0.39 is 0 Å². The van der Waals surface area contributed by atoms with Crippen molar-refractivity contribution in [3.63, 3.8) is 0 Å². The van der Waals surface area contributed by atoms with Crippen molar-refractivity contribution in [2.75, 3.05) is 17.7 Å². The summed E-state index contributed by atoms with van der Waals surface area (Å²) >= 11 is 0. The lowest BCUT2D eigenvalue weighted by molar-refractivity contribution is -0.111. The van der Waals surface area contributed by atoms with E-state index in [0.717, 1.165) is 31.2 Å². The molecule has 1 aromatic carbocycles. The maximum absolute atomic E-state index is 12.7. The van der Waals surface area contributed by atoms with Gasteiger partial charge in [0.15, 0.2) is 17.3 Å². The van der Waals surface area contributed by atoms with E-state index in [2.05, 4.69) is 20.6 Å². The number of pyridine rings is 2. The van der Waals surface area contributed by atoms with Crippen molar-refractivity contribution in [1.29, 1.82) is 5.26 Å². The fraction of sp³-hybridized carbons (Fsp3) is 0.231. The molecule has 172 valence electrons. The van der Waals surface area contributed by atoms with Gasteiger partial charge in [-0.05, 0) is 62.1 Å². The highest BCUT2D eigenvalue weighted by atomic mass is 16.5. The van der Waals surface area contributed by atoms with Crippen molar-refractivity contribution in [2.45, 2.75) is 31.8 Å². The molecule has 4 rings (SSSR count). The van der Waals surface area contributed by atoms with Crippen molar-refractivity contribution in [3.05, 3.63) is 72.1 Å². The predicted octanol–water partition coefficient (Wildman–Crippen LogP) is 5.07. The van der Waals surface area contributed by atoms with E-state index >= 15 is 0 Å². The third-order valence-electron chi connectivity index (χ3n) is 5.43. The van der Waals surface area contributed by atoms with Crippen LogP contribution in [0.4, 0.5) is 17.3 Å². The lowest BCUT2D eigenvalue weighted by Crippen LogP contribution is -2.13. The van der Waals surface area contributed by atoms with Crippen LogP contribution in [0, 0.1) is 11.3 Å². The molecular weight excluding hydrogens is 430 g/mol. The van der Waals surface area contributed by atoms with Crippen LogP contribution < -0.4 is 20.1 Å². The van der Waals surface area contributed by atoms with Crippen LogP contribution in [-0.4, -0.2) is 29.1 Å². The molecule has 1 amide bonds. The van der Waals surface area contributed by atoms with E-state index in [1.165, 1.54) is 12.3 Å². The molecule has 1 aliphatic carbocycles. The number of nitriles is 1. The second-order valence-electron chi connectivity index (χ2n) is 7.79. The van der Waals surface area contributed by atoms with Crippen molar-refractivity contribution in [3.8, 4) is 17.6 Å². The van der Waals surface area contributed by atoms with Crippen molar-refractivity contribution in [2.24, 2.45) is 0 Å². The first-order chi connectivity index (χ1) is 16.7. The highest BCUT2D eigenvalue weighted by molar-refractivity contribution is 6.03. The van der Waals surface area contributed by atoms with Gasteiger partial charge in [-0.25, -0.2) is 9.97 Å². The van der Waals surface area contributed by atoms with Gasteiger partial charge in [0.1, 0.15) is 11.9 Å². The Balaban J connectivity index is 1.48. The molecule has 2 heterocycles. The summed E-state index contributed by atoms with van der Waals surface area (Å²) in [5, 5.41) is 14.8. The predicted molar refractivity (Wildman–Crippen MR) is 130 cm³/mol. The molecule has 8 nitrogen and oxygen atoms in total. The van der Waals surface area contributed by atoms with Gasteiger partial charge >= 0.3 is 0 Å². The van der Waals surface area contributed by atoms with Gasteiger partial charge in [0.05, 0.1) is 24.5 Å². The number of hydrogen-bond donors (Lipinski definition) is 2. The number of ether oxygens (including phenoxy) is 2. The SMILES string of the molecule is COc1cccc(C=CC(=O)Nc2cccnc2Nc2ccc(C#N)cn2)c1OC1CCCC1. The quantitative estimate of drug-likeness (QED) is 0.456. The average Bonchev–Trinajstić information content (AvgIpc) is 3.38. The zero-order chi connectivity index (χ0) is 23.8. The molecule has 0 saturated heterocycles. The topological polar surface area (TPSA) is 109 Å². The maximum Gasteiger partial charge on any atom is 0.248 e. The van der Waals surface area contributed by atoms with Crippen LogP contribution in [0.2, 0.25) is 0 Å². The summed E-state index contributed by atoms with van der Waals surface area (Å²) in [6.07, 6.45) is 10.8. The molecule has 0 bridgehead atoms. The van der Waals surface area contributed by atoms with Crippen LogP contribution in [0.3, 0.4) is 0 Å². The number of para-hydroxylation sites is 1. The Morgan fingerprint density at radius 2 is 2.00 bits per heavy atom. The van der Waals surface area contributed by atoms with E-state index in [9.17, 15) is 4.79 Å². The standard InChI is InChI=1S/C26H25N5O3/c1-33-22-10-4-6-19(25(22)34-20-7-2-3-8-20)12-14-24(32)30-21-9-5-15-28-26(21)31-23-13-11-18(16-27)17-29-23/h4-6,9-15,17,20H,2-3,7-8H2,1H3,(H,30,32)(H,28,29,31). The molecule has 0 atom stereocenters. The van der Waals surface area contributed by atoms with Crippen LogP contribution in [0.1, 0.15) is 36.8 Å². The Morgan fingerprint density at radius 3 is 2.74 bits per heavy atom. The Morgan fingerprint density at radius 1 is 1.15 bits per heavy atom.